The summed E-state index contributed by atoms with van der Waals surface area (Å²) in [6.45, 7) is 2.63. The number of carbonyl (C=O) groups excluding carboxylic acids is 1. The predicted molar refractivity (Wildman–Crippen MR) is 101 cm³/mol. The number of carbonyl (C=O) groups is 1. The van der Waals surface area contributed by atoms with Gasteiger partial charge in [-0.1, -0.05) is 41.9 Å². The molecule has 0 heterocycles. The SMILES string of the molecule is COc1cc(NC(=O)CCNC(C)c2ccccc2)c(OC)cc1Cl. The van der Waals surface area contributed by atoms with E-state index in [1.54, 1.807) is 12.1 Å². The second-order valence-electron chi connectivity index (χ2n) is 5.57. The van der Waals surface area contributed by atoms with E-state index in [4.69, 9.17) is 21.1 Å². The maximum Gasteiger partial charge on any atom is 0.225 e. The molecular weight excluding hydrogens is 340 g/mol. The van der Waals surface area contributed by atoms with Gasteiger partial charge in [0.05, 0.1) is 24.9 Å². The predicted octanol–water partition coefficient (Wildman–Crippen LogP) is 4.04. The molecule has 1 amide bonds. The van der Waals surface area contributed by atoms with Gasteiger partial charge in [0.1, 0.15) is 11.5 Å². The number of methoxy groups -OCH3 is 2. The largest absolute Gasteiger partial charge is 0.495 e. The Hall–Kier alpha value is -2.24. The van der Waals surface area contributed by atoms with Gasteiger partial charge in [0, 0.05) is 31.1 Å². The molecule has 0 aromatic heterocycles. The van der Waals surface area contributed by atoms with Crippen molar-refractivity contribution >= 4 is 23.2 Å². The van der Waals surface area contributed by atoms with Crippen molar-refractivity contribution in [1.82, 2.24) is 5.32 Å². The van der Waals surface area contributed by atoms with E-state index in [9.17, 15) is 4.79 Å². The zero-order valence-electron chi connectivity index (χ0n) is 14.6. The number of anilines is 1. The zero-order chi connectivity index (χ0) is 18.2. The number of rotatable bonds is 8. The van der Waals surface area contributed by atoms with E-state index >= 15 is 0 Å². The first-order chi connectivity index (χ1) is 12.0. The molecule has 6 heteroatoms. The van der Waals surface area contributed by atoms with Crippen LogP contribution < -0.4 is 20.1 Å². The maximum absolute atomic E-state index is 12.2. The van der Waals surface area contributed by atoms with Crippen LogP contribution in [0.3, 0.4) is 0 Å². The van der Waals surface area contributed by atoms with Crippen molar-refractivity contribution < 1.29 is 14.3 Å². The Bertz CT molecular complexity index is 707. The molecule has 0 aliphatic rings. The van der Waals surface area contributed by atoms with E-state index < -0.39 is 0 Å². The van der Waals surface area contributed by atoms with Crippen LogP contribution in [-0.2, 0) is 4.79 Å². The monoisotopic (exact) mass is 362 g/mol. The first-order valence-electron chi connectivity index (χ1n) is 8.05. The molecule has 1 unspecified atom stereocenters. The Morgan fingerprint density at radius 1 is 1.12 bits per heavy atom. The smallest absolute Gasteiger partial charge is 0.225 e. The van der Waals surface area contributed by atoms with Crippen LogP contribution in [0.25, 0.3) is 0 Å². The lowest BCUT2D eigenvalue weighted by Crippen LogP contribution is -2.24. The highest BCUT2D eigenvalue weighted by atomic mass is 35.5. The molecule has 5 nitrogen and oxygen atoms in total. The molecule has 1 atom stereocenters. The van der Waals surface area contributed by atoms with Crippen molar-refractivity contribution in [2.75, 3.05) is 26.1 Å². The van der Waals surface area contributed by atoms with Crippen LogP contribution in [0.1, 0.15) is 24.9 Å². The molecule has 0 bridgehead atoms. The third-order valence-electron chi connectivity index (χ3n) is 3.85. The lowest BCUT2D eigenvalue weighted by Gasteiger charge is -2.15. The number of amides is 1. The van der Waals surface area contributed by atoms with Gasteiger partial charge in [-0.2, -0.15) is 0 Å². The number of nitrogens with one attached hydrogen (secondary N) is 2. The van der Waals surface area contributed by atoms with E-state index in [0.717, 1.165) is 0 Å². The van der Waals surface area contributed by atoms with E-state index in [1.165, 1.54) is 19.8 Å². The van der Waals surface area contributed by atoms with Crippen molar-refractivity contribution in [2.24, 2.45) is 0 Å². The number of hydrogen-bond acceptors (Lipinski definition) is 4. The van der Waals surface area contributed by atoms with Crippen molar-refractivity contribution in [3.8, 4) is 11.5 Å². The number of halogens is 1. The van der Waals surface area contributed by atoms with Crippen molar-refractivity contribution in [2.45, 2.75) is 19.4 Å². The molecule has 2 rings (SSSR count). The minimum absolute atomic E-state index is 0.115. The third-order valence-corrected chi connectivity index (χ3v) is 4.15. The lowest BCUT2D eigenvalue weighted by atomic mass is 10.1. The van der Waals surface area contributed by atoms with Gasteiger partial charge < -0.3 is 20.1 Å². The summed E-state index contributed by atoms with van der Waals surface area (Å²) in [4.78, 5) is 12.2. The van der Waals surface area contributed by atoms with Crippen LogP contribution >= 0.6 is 11.6 Å². The Labute approximate surface area is 153 Å². The summed E-state index contributed by atoms with van der Waals surface area (Å²) >= 11 is 6.07. The molecule has 0 radical (unpaired) electrons. The molecule has 0 aliphatic carbocycles. The number of benzene rings is 2. The summed E-state index contributed by atoms with van der Waals surface area (Å²) in [6, 6.07) is 13.5. The fraction of sp³-hybridized carbons (Fsp3) is 0.316. The highest BCUT2D eigenvalue weighted by Gasteiger charge is 2.13. The number of ether oxygens (including phenoxy) is 2. The Morgan fingerprint density at radius 2 is 1.80 bits per heavy atom. The van der Waals surface area contributed by atoms with E-state index in [2.05, 4.69) is 29.7 Å². The van der Waals surface area contributed by atoms with Crippen molar-refractivity contribution in [3.05, 3.63) is 53.1 Å². The molecule has 0 saturated carbocycles. The molecule has 134 valence electrons. The van der Waals surface area contributed by atoms with Crippen molar-refractivity contribution in [1.29, 1.82) is 0 Å². The summed E-state index contributed by atoms with van der Waals surface area (Å²) in [5, 5.41) is 6.60. The fourth-order valence-corrected chi connectivity index (χ4v) is 2.66. The first-order valence-corrected chi connectivity index (χ1v) is 8.42. The van der Waals surface area contributed by atoms with Gasteiger partial charge in [-0.15, -0.1) is 0 Å². The first kappa shape index (κ1) is 19.1. The molecule has 2 aromatic carbocycles. The van der Waals surface area contributed by atoms with Crippen LogP contribution in [0.15, 0.2) is 42.5 Å². The molecular formula is C19H23ClN2O3. The van der Waals surface area contributed by atoms with Gasteiger partial charge in [-0.25, -0.2) is 0 Å². The van der Waals surface area contributed by atoms with E-state index in [-0.39, 0.29) is 11.9 Å². The highest BCUT2D eigenvalue weighted by molar-refractivity contribution is 6.32. The summed E-state index contributed by atoms with van der Waals surface area (Å²) in [6.07, 6.45) is 0.339. The van der Waals surface area contributed by atoms with Gasteiger partial charge in [0.2, 0.25) is 5.91 Å². The second kappa shape index (κ2) is 9.30. The van der Waals surface area contributed by atoms with Gasteiger partial charge in [-0.05, 0) is 12.5 Å². The van der Waals surface area contributed by atoms with Crippen LogP contribution in [0, 0.1) is 0 Å². The highest BCUT2D eigenvalue weighted by Crippen LogP contribution is 2.35. The van der Waals surface area contributed by atoms with Crippen LogP contribution in [0.4, 0.5) is 5.69 Å². The van der Waals surface area contributed by atoms with Crippen LogP contribution in [-0.4, -0.2) is 26.7 Å². The summed E-state index contributed by atoms with van der Waals surface area (Å²) in [5.41, 5.74) is 1.72. The van der Waals surface area contributed by atoms with Crippen LogP contribution in [0.2, 0.25) is 5.02 Å². The molecule has 0 fully saturated rings. The number of hydrogen-bond donors (Lipinski definition) is 2. The minimum atomic E-state index is -0.115. The quantitative estimate of drug-likeness (QED) is 0.744. The van der Waals surface area contributed by atoms with Crippen LogP contribution in [0.5, 0.6) is 11.5 Å². The minimum Gasteiger partial charge on any atom is -0.495 e. The van der Waals surface area contributed by atoms with Gasteiger partial charge in [0.15, 0.2) is 0 Å². The van der Waals surface area contributed by atoms with Gasteiger partial charge in [-0.3, -0.25) is 4.79 Å². The van der Waals surface area contributed by atoms with Crippen molar-refractivity contribution in [3.63, 3.8) is 0 Å². The van der Waals surface area contributed by atoms with Gasteiger partial charge >= 0.3 is 0 Å². The fourth-order valence-electron chi connectivity index (χ4n) is 2.43. The summed E-state index contributed by atoms with van der Waals surface area (Å²) in [7, 11) is 3.05. The standard InChI is InChI=1S/C19H23ClN2O3/c1-13(14-7-5-4-6-8-14)21-10-9-19(23)22-16-12-17(24-2)15(20)11-18(16)25-3/h4-8,11-13,21H,9-10H2,1-3H3,(H,22,23). The van der Waals surface area contributed by atoms with Gasteiger partial charge in [0.25, 0.3) is 0 Å². The topological polar surface area (TPSA) is 59.6 Å². The summed E-state index contributed by atoms with van der Waals surface area (Å²) < 4.78 is 10.4. The van der Waals surface area contributed by atoms with E-state index in [0.29, 0.717) is 35.2 Å². The van der Waals surface area contributed by atoms with E-state index in [1.807, 2.05) is 18.2 Å². The molecule has 2 aromatic rings. The lowest BCUT2D eigenvalue weighted by molar-refractivity contribution is -0.116. The zero-order valence-corrected chi connectivity index (χ0v) is 15.4. The maximum atomic E-state index is 12.2. The average Bonchev–Trinajstić information content (AvgIpc) is 2.63. The molecule has 0 saturated heterocycles. The molecule has 0 aliphatic heterocycles. The summed E-state index contributed by atoms with van der Waals surface area (Å²) in [5.74, 6) is 0.855. The Balaban J connectivity index is 1.90. The molecule has 2 N–H and O–H groups in total. The second-order valence-corrected chi connectivity index (χ2v) is 5.98. The normalized spacial score (nSPS) is 11.7. The Kier molecular flexibility index (Phi) is 7.10. The third kappa shape index (κ3) is 5.37. The molecule has 25 heavy (non-hydrogen) atoms. The Morgan fingerprint density at radius 3 is 2.44 bits per heavy atom. The molecule has 0 spiro atoms. The average molecular weight is 363 g/mol.